The van der Waals surface area contributed by atoms with Crippen LogP contribution in [0.15, 0.2) is 12.7 Å². The van der Waals surface area contributed by atoms with Gasteiger partial charge in [0.2, 0.25) is 0 Å². The van der Waals surface area contributed by atoms with E-state index < -0.39 is 0 Å². The molecule has 0 aromatic carbocycles. The van der Waals surface area contributed by atoms with Gasteiger partial charge in [-0.15, -0.1) is 6.58 Å². The van der Waals surface area contributed by atoms with Crippen LogP contribution in [0, 0.1) is 11.3 Å². The molecule has 2 nitrogen and oxygen atoms in total. The molecule has 14 heavy (non-hydrogen) atoms. The maximum Gasteiger partial charge on any atom is 0.311 e. The van der Waals surface area contributed by atoms with Gasteiger partial charge in [-0.3, -0.25) is 4.79 Å². The smallest absolute Gasteiger partial charge is 0.311 e. The molecule has 0 saturated carbocycles. The topological polar surface area (TPSA) is 26.3 Å². The molecule has 0 fully saturated rings. The van der Waals surface area contributed by atoms with Gasteiger partial charge in [-0.25, -0.2) is 0 Å². The first-order valence-corrected chi connectivity index (χ1v) is 5.19. The van der Waals surface area contributed by atoms with E-state index in [-0.39, 0.29) is 11.4 Å². The van der Waals surface area contributed by atoms with E-state index in [1.165, 1.54) is 7.11 Å². The van der Waals surface area contributed by atoms with Crippen LogP contribution < -0.4 is 0 Å². The fourth-order valence-corrected chi connectivity index (χ4v) is 1.41. The quantitative estimate of drug-likeness (QED) is 0.484. The summed E-state index contributed by atoms with van der Waals surface area (Å²) in [5.41, 5.74) is -0.370. The van der Waals surface area contributed by atoms with Gasteiger partial charge in [0.25, 0.3) is 0 Å². The second-order valence-electron chi connectivity index (χ2n) is 4.32. The van der Waals surface area contributed by atoms with Gasteiger partial charge in [-0.1, -0.05) is 13.0 Å². The molecule has 0 radical (unpaired) electrons. The molecule has 0 aromatic rings. The molecule has 0 heterocycles. The lowest BCUT2D eigenvalue weighted by molar-refractivity contribution is -0.151. The molecular formula is C12H22O2. The van der Waals surface area contributed by atoms with Gasteiger partial charge in [0.05, 0.1) is 12.5 Å². The first kappa shape index (κ1) is 13.2. The Bertz CT molecular complexity index is 194. The number of esters is 1. The molecule has 0 amide bonds. The number of rotatable bonds is 6. The molecule has 82 valence electrons. The third-order valence-corrected chi connectivity index (χ3v) is 2.74. The number of allylic oxidation sites excluding steroid dienone is 1. The van der Waals surface area contributed by atoms with Gasteiger partial charge in [0.1, 0.15) is 0 Å². The van der Waals surface area contributed by atoms with Crippen molar-refractivity contribution >= 4 is 5.97 Å². The molecule has 1 atom stereocenters. The van der Waals surface area contributed by atoms with Crippen LogP contribution in [0.25, 0.3) is 0 Å². The number of methoxy groups -OCH3 is 1. The number of ether oxygens (including phenoxy) is 1. The van der Waals surface area contributed by atoms with Crippen LogP contribution in [0.1, 0.15) is 40.0 Å². The Morgan fingerprint density at radius 3 is 2.50 bits per heavy atom. The molecule has 1 unspecified atom stereocenters. The fourth-order valence-electron chi connectivity index (χ4n) is 1.41. The van der Waals surface area contributed by atoms with E-state index in [4.69, 9.17) is 4.74 Å². The Balaban J connectivity index is 4.09. The summed E-state index contributed by atoms with van der Waals surface area (Å²) in [6.45, 7) is 9.77. The summed E-state index contributed by atoms with van der Waals surface area (Å²) >= 11 is 0. The fraction of sp³-hybridized carbons (Fsp3) is 0.750. The van der Waals surface area contributed by atoms with Gasteiger partial charge >= 0.3 is 5.97 Å². The minimum absolute atomic E-state index is 0.128. The van der Waals surface area contributed by atoms with Gasteiger partial charge in [-0.05, 0) is 39.0 Å². The maximum atomic E-state index is 11.4. The largest absolute Gasteiger partial charge is 0.469 e. The van der Waals surface area contributed by atoms with Crippen molar-refractivity contribution < 1.29 is 9.53 Å². The number of carbonyl (C=O) groups excluding carboxylic acids is 1. The van der Waals surface area contributed by atoms with Crippen molar-refractivity contribution in [2.75, 3.05) is 7.11 Å². The Morgan fingerprint density at radius 1 is 1.57 bits per heavy atom. The first-order valence-electron chi connectivity index (χ1n) is 5.19. The molecule has 0 aliphatic rings. The van der Waals surface area contributed by atoms with Crippen molar-refractivity contribution in [1.82, 2.24) is 0 Å². The van der Waals surface area contributed by atoms with Crippen molar-refractivity contribution in [3.63, 3.8) is 0 Å². The minimum Gasteiger partial charge on any atom is -0.469 e. The first-order chi connectivity index (χ1) is 6.47. The lowest BCUT2D eigenvalue weighted by atomic mass is 9.84. The average Bonchev–Trinajstić information content (AvgIpc) is 2.18. The maximum absolute atomic E-state index is 11.4. The van der Waals surface area contributed by atoms with Crippen molar-refractivity contribution in [1.29, 1.82) is 0 Å². The number of hydrogen-bond acceptors (Lipinski definition) is 2. The summed E-state index contributed by atoms with van der Waals surface area (Å²) in [7, 11) is 1.44. The molecule has 0 aliphatic carbocycles. The predicted molar refractivity (Wildman–Crippen MR) is 59.0 cm³/mol. The molecule has 0 N–H and O–H groups in total. The van der Waals surface area contributed by atoms with Crippen molar-refractivity contribution in [3.05, 3.63) is 12.7 Å². The second kappa shape index (κ2) is 5.84. The Morgan fingerprint density at radius 2 is 2.14 bits per heavy atom. The highest BCUT2D eigenvalue weighted by Gasteiger charge is 2.28. The van der Waals surface area contributed by atoms with Crippen LogP contribution >= 0.6 is 0 Å². The Kier molecular flexibility index (Phi) is 5.51. The molecule has 0 rings (SSSR count). The van der Waals surface area contributed by atoms with Crippen LogP contribution in [0.2, 0.25) is 0 Å². The Labute approximate surface area is 87.3 Å². The molecule has 0 aliphatic heterocycles. The highest BCUT2D eigenvalue weighted by atomic mass is 16.5. The van der Waals surface area contributed by atoms with Crippen LogP contribution in [-0.4, -0.2) is 13.1 Å². The van der Waals surface area contributed by atoms with Gasteiger partial charge < -0.3 is 4.74 Å². The van der Waals surface area contributed by atoms with Crippen LogP contribution in [0.5, 0.6) is 0 Å². The highest BCUT2D eigenvalue weighted by Crippen LogP contribution is 2.27. The van der Waals surface area contributed by atoms with E-state index in [1.54, 1.807) is 0 Å². The van der Waals surface area contributed by atoms with E-state index in [0.29, 0.717) is 5.92 Å². The molecule has 0 aromatic heterocycles. The third kappa shape index (κ3) is 3.95. The normalized spacial score (nSPS) is 13.4. The SMILES string of the molecule is C=CC(CC)CCC(C)(C)C(=O)OC. The van der Waals surface area contributed by atoms with E-state index in [9.17, 15) is 4.79 Å². The van der Waals surface area contributed by atoms with Gasteiger partial charge in [0.15, 0.2) is 0 Å². The van der Waals surface area contributed by atoms with Crippen LogP contribution in [0.4, 0.5) is 0 Å². The summed E-state index contributed by atoms with van der Waals surface area (Å²) < 4.78 is 4.75. The van der Waals surface area contributed by atoms with Crippen molar-refractivity contribution in [2.45, 2.75) is 40.0 Å². The zero-order chi connectivity index (χ0) is 11.2. The van der Waals surface area contributed by atoms with E-state index in [0.717, 1.165) is 19.3 Å². The van der Waals surface area contributed by atoms with Gasteiger partial charge in [-0.2, -0.15) is 0 Å². The minimum atomic E-state index is -0.370. The van der Waals surface area contributed by atoms with Gasteiger partial charge in [0, 0.05) is 0 Å². The predicted octanol–water partition coefficient (Wildman–Crippen LogP) is 3.18. The monoisotopic (exact) mass is 198 g/mol. The molecule has 2 heteroatoms. The lowest BCUT2D eigenvalue weighted by Crippen LogP contribution is -2.26. The number of carbonyl (C=O) groups is 1. The summed E-state index contributed by atoms with van der Waals surface area (Å²) in [4.78, 5) is 11.4. The zero-order valence-electron chi connectivity index (χ0n) is 9.80. The summed E-state index contributed by atoms with van der Waals surface area (Å²) in [6, 6.07) is 0. The number of hydrogen-bond donors (Lipinski definition) is 0. The van der Waals surface area contributed by atoms with Crippen molar-refractivity contribution in [2.24, 2.45) is 11.3 Å². The van der Waals surface area contributed by atoms with Crippen LogP contribution in [0.3, 0.4) is 0 Å². The van der Waals surface area contributed by atoms with E-state index >= 15 is 0 Å². The molecular weight excluding hydrogens is 176 g/mol. The molecule has 0 saturated heterocycles. The third-order valence-electron chi connectivity index (χ3n) is 2.74. The summed E-state index contributed by atoms with van der Waals surface area (Å²) in [5.74, 6) is 0.385. The van der Waals surface area contributed by atoms with E-state index in [2.05, 4.69) is 13.5 Å². The van der Waals surface area contributed by atoms with Crippen LogP contribution in [-0.2, 0) is 9.53 Å². The van der Waals surface area contributed by atoms with Crippen molar-refractivity contribution in [3.8, 4) is 0 Å². The van der Waals surface area contributed by atoms with E-state index in [1.807, 2.05) is 19.9 Å². The molecule has 0 spiro atoms. The standard InChI is InChI=1S/C12H22O2/c1-6-10(7-2)8-9-12(3,4)11(13)14-5/h6,10H,1,7-9H2,2-5H3. The average molecular weight is 198 g/mol. The molecule has 0 bridgehead atoms. The summed E-state index contributed by atoms with van der Waals surface area (Å²) in [5, 5.41) is 0. The second-order valence-corrected chi connectivity index (χ2v) is 4.32. The Hall–Kier alpha value is -0.790. The lowest BCUT2D eigenvalue weighted by Gasteiger charge is -2.22. The summed E-state index contributed by atoms with van der Waals surface area (Å²) in [6.07, 6.45) is 4.90. The highest BCUT2D eigenvalue weighted by molar-refractivity contribution is 5.75. The zero-order valence-corrected chi connectivity index (χ0v) is 9.80.